The molecule has 140 valence electrons. The molecule has 0 aromatic heterocycles. The van der Waals surface area contributed by atoms with Crippen LogP contribution in [-0.2, 0) is 14.2 Å². The maximum Gasteiger partial charge on any atom is 0.217 e. The summed E-state index contributed by atoms with van der Waals surface area (Å²) >= 11 is 27.6. The average molecular weight is 428 g/mol. The molecule has 2 saturated carbocycles. The molecule has 7 atom stereocenters. The van der Waals surface area contributed by atoms with Crippen molar-refractivity contribution in [3.63, 3.8) is 0 Å². The highest BCUT2D eigenvalue weighted by Crippen LogP contribution is 2.80. The van der Waals surface area contributed by atoms with Crippen LogP contribution in [-0.4, -0.2) is 41.5 Å². The summed E-state index contributed by atoms with van der Waals surface area (Å²) in [5, 5.41) is 0.650. The van der Waals surface area contributed by atoms with E-state index in [-0.39, 0.29) is 35.4 Å². The van der Waals surface area contributed by atoms with Gasteiger partial charge in [-0.15, -0.1) is 23.2 Å². The highest BCUT2D eigenvalue weighted by Gasteiger charge is 2.88. The quantitative estimate of drug-likeness (QED) is 0.278. The van der Waals surface area contributed by atoms with Gasteiger partial charge in [0, 0.05) is 37.9 Å². The van der Waals surface area contributed by atoms with Crippen molar-refractivity contribution in [1.29, 1.82) is 0 Å². The summed E-state index contributed by atoms with van der Waals surface area (Å²) in [6.07, 6.45) is 4.33. The smallest absolute Gasteiger partial charge is 0.217 e. The summed E-state index contributed by atoms with van der Waals surface area (Å²) in [6, 6.07) is 0. The van der Waals surface area contributed by atoms with E-state index in [1.54, 1.807) is 0 Å². The lowest BCUT2D eigenvalue weighted by molar-refractivity contribution is -0.225. The molecule has 0 spiro atoms. The first kappa shape index (κ1) is 18.9. The Kier molecular flexibility index (Phi) is 4.01. The molecule has 4 aliphatic rings. The van der Waals surface area contributed by atoms with Gasteiger partial charge in [-0.05, 0) is 20.8 Å². The molecule has 4 rings (SSSR count). The number of alkyl halides is 2. The van der Waals surface area contributed by atoms with Crippen molar-refractivity contribution >= 4 is 46.4 Å². The van der Waals surface area contributed by atoms with E-state index in [0.29, 0.717) is 10.1 Å². The zero-order chi connectivity index (χ0) is 18.6. The van der Waals surface area contributed by atoms with Crippen LogP contribution in [0.5, 0.6) is 0 Å². The van der Waals surface area contributed by atoms with Crippen LogP contribution in [0, 0.1) is 23.7 Å². The van der Waals surface area contributed by atoms with Crippen LogP contribution in [0.2, 0.25) is 0 Å². The van der Waals surface area contributed by atoms with Crippen LogP contribution in [0.1, 0.15) is 20.8 Å². The first-order valence-electron chi connectivity index (χ1n) is 8.41. The predicted molar refractivity (Wildman–Crippen MR) is 100 cm³/mol. The number of fused-ring (bicyclic) bond motifs is 9. The van der Waals surface area contributed by atoms with Gasteiger partial charge in [0.05, 0.1) is 21.8 Å². The summed E-state index contributed by atoms with van der Waals surface area (Å²) in [5.74, 6) is -1.32. The third kappa shape index (κ3) is 1.83. The van der Waals surface area contributed by atoms with Gasteiger partial charge in [0.1, 0.15) is 9.75 Å². The van der Waals surface area contributed by atoms with Crippen molar-refractivity contribution in [2.75, 3.05) is 14.2 Å². The molecule has 4 aliphatic carbocycles. The van der Waals surface area contributed by atoms with Gasteiger partial charge in [-0.25, -0.2) is 0 Å². The van der Waals surface area contributed by atoms with E-state index in [2.05, 4.69) is 32.9 Å². The molecule has 25 heavy (non-hydrogen) atoms. The van der Waals surface area contributed by atoms with Crippen molar-refractivity contribution in [3.8, 4) is 0 Å². The number of ether oxygens (including phenoxy) is 3. The van der Waals surface area contributed by atoms with Gasteiger partial charge < -0.3 is 14.2 Å². The van der Waals surface area contributed by atoms with E-state index in [9.17, 15) is 0 Å². The van der Waals surface area contributed by atoms with Crippen LogP contribution in [0.15, 0.2) is 22.2 Å². The average Bonchev–Trinajstić information content (AvgIpc) is 3.14. The van der Waals surface area contributed by atoms with Gasteiger partial charge in [0.2, 0.25) is 5.79 Å². The zero-order valence-corrected chi connectivity index (χ0v) is 17.8. The molecule has 0 heterocycles. The third-order valence-corrected chi connectivity index (χ3v) is 8.95. The van der Waals surface area contributed by atoms with E-state index in [0.717, 1.165) is 0 Å². The Labute approximate surface area is 168 Å². The highest BCUT2D eigenvalue weighted by atomic mass is 35.5. The van der Waals surface area contributed by atoms with Crippen LogP contribution in [0.3, 0.4) is 0 Å². The maximum atomic E-state index is 7.19. The summed E-state index contributed by atoms with van der Waals surface area (Å²) in [6.45, 7) is 6.15. The molecule has 7 heteroatoms. The minimum Gasteiger partial charge on any atom is -0.371 e. The minimum atomic E-state index is -1.32. The van der Waals surface area contributed by atoms with Crippen LogP contribution in [0.4, 0.5) is 0 Å². The van der Waals surface area contributed by atoms with Crippen molar-refractivity contribution in [3.05, 3.63) is 22.2 Å². The molecule has 0 radical (unpaired) electrons. The van der Waals surface area contributed by atoms with E-state index >= 15 is 0 Å². The Bertz CT molecular complexity index is 636. The molecule has 0 aromatic carbocycles. The van der Waals surface area contributed by atoms with Gasteiger partial charge in [-0.1, -0.05) is 35.4 Å². The van der Waals surface area contributed by atoms with E-state index in [1.807, 2.05) is 0 Å². The standard InChI is InChI=1S/C18H22Cl4O3/c1-15(2,3)25-12-8-6-7-9(12)11-10(8)16(21)13(19)14(20)17(11,22)18(16,23-4)24-5/h6-12H,1-5H3/t8-,9+,10-,11+,12?,16-,17+. The topological polar surface area (TPSA) is 27.7 Å². The number of rotatable bonds is 3. The Morgan fingerprint density at radius 1 is 0.880 bits per heavy atom. The number of halogens is 4. The van der Waals surface area contributed by atoms with E-state index < -0.39 is 15.5 Å². The SMILES string of the molecule is COC1(OC)[C@@]2(Cl)C(Cl)=C(Cl)[C@]1(Cl)[C@H]1[C@@H]2[C@@H]2C=C[C@H]1C2OC(C)(C)C. The summed E-state index contributed by atoms with van der Waals surface area (Å²) in [4.78, 5) is -2.30. The van der Waals surface area contributed by atoms with Gasteiger partial charge in [0.25, 0.3) is 0 Å². The van der Waals surface area contributed by atoms with Gasteiger partial charge in [-0.2, -0.15) is 0 Å². The fraction of sp³-hybridized carbons (Fsp3) is 0.778. The maximum absolute atomic E-state index is 7.19. The van der Waals surface area contributed by atoms with Crippen LogP contribution >= 0.6 is 46.4 Å². The Balaban J connectivity index is 1.88. The van der Waals surface area contributed by atoms with Crippen molar-refractivity contribution in [2.24, 2.45) is 23.7 Å². The van der Waals surface area contributed by atoms with E-state index in [1.165, 1.54) is 14.2 Å². The van der Waals surface area contributed by atoms with Crippen LogP contribution in [0.25, 0.3) is 0 Å². The second kappa shape index (κ2) is 5.31. The predicted octanol–water partition coefficient (Wildman–Crippen LogP) is 4.88. The monoisotopic (exact) mass is 426 g/mol. The molecule has 0 aliphatic heterocycles. The lowest BCUT2D eigenvalue weighted by Crippen LogP contribution is -2.59. The number of hydrogen-bond acceptors (Lipinski definition) is 3. The number of hydrogen-bond donors (Lipinski definition) is 0. The first-order valence-corrected chi connectivity index (χ1v) is 9.93. The van der Waals surface area contributed by atoms with Crippen LogP contribution < -0.4 is 0 Å². The van der Waals surface area contributed by atoms with E-state index in [4.69, 9.17) is 60.6 Å². The molecule has 0 amide bonds. The van der Waals surface area contributed by atoms with Crippen molar-refractivity contribution in [1.82, 2.24) is 0 Å². The minimum absolute atomic E-state index is 0.00926. The summed E-state index contributed by atoms with van der Waals surface area (Å²) < 4.78 is 18.0. The second-order valence-corrected chi connectivity index (χ2v) is 10.3. The molecule has 4 bridgehead atoms. The first-order chi connectivity index (χ1) is 11.5. The molecule has 0 saturated heterocycles. The van der Waals surface area contributed by atoms with Crippen molar-refractivity contribution in [2.45, 2.75) is 48.0 Å². The van der Waals surface area contributed by atoms with Crippen molar-refractivity contribution < 1.29 is 14.2 Å². The Morgan fingerprint density at radius 3 is 1.60 bits per heavy atom. The normalized spacial score (nSPS) is 49.4. The molecule has 0 aromatic rings. The Morgan fingerprint density at radius 2 is 1.28 bits per heavy atom. The lowest BCUT2D eigenvalue weighted by atomic mass is 9.75. The molecule has 3 nitrogen and oxygen atoms in total. The van der Waals surface area contributed by atoms with Gasteiger partial charge in [0.15, 0.2) is 0 Å². The molecular weight excluding hydrogens is 406 g/mol. The lowest BCUT2D eigenvalue weighted by Gasteiger charge is -2.43. The molecule has 1 unspecified atom stereocenters. The van der Waals surface area contributed by atoms with Gasteiger partial charge >= 0.3 is 0 Å². The fourth-order valence-corrected chi connectivity index (χ4v) is 8.03. The Hall–Kier alpha value is 0.520. The summed E-state index contributed by atoms with van der Waals surface area (Å²) in [7, 11) is 3.08. The molecule has 2 fully saturated rings. The highest BCUT2D eigenvalue weighted by molar-refractivity contribution is 6.52. The largest absolute Gasteiger partial charge is 0.371 e. The number of methoxy groups -OCH3 is 2. The fourth-order valence-electron chi connectivity index (χ4n) is 5.73. The second-order valence-electron chi connectivity index (χ2n) is 8.36. The third-order valence-electron chi connectivity index (χ3n) is 6.30. The molecular formula is C18H22Cl4O3. The molecule has 0 N–H and O–H groups in total. The van der Waals surface area contributed by atoms with Gasteiger partial charge in [-0.3, -0.25) is 0 Å². The summed E-state index contributed by atoms with van der Waals surface area (Å²) in [5.41, 5.74) is -0.273. The zero-order valence-electron chi connectivity index (χ0n) is 14.8.